The first-order chi connectivity index (χ1) is 7.20. The van der Waals surface area contributed by atoms with E-state index < -0.39 is 0 Å². The number of hydrogen-bond acceptors (Lipinski definition) is 4. The molecule has 0 N–H and O–H groups in total. The Hall–Kier alpha value is -1.91. The first-order valence-electron chi connectivity index (χ1n) is 4.59. The van der Waals surface area contributed by atoms with Crippen molar-refractivity contribution in [3.63, 3.8) is 0 Å². The molecule has 0 unspecified atom stereocenters. The summed E-state index contributed by atoms with van der Waals surface area (Å²) in [6, 6.07) is 0. The van der Waals surface area contributed by atoms with Crippen LogP contribution in [0.25, 0.3) is 5.82 Å². The molecule has 0 aliphatic carbocycles. The molecular weight excluding hydrogens is 192 g/mol. The highest BCUT2D eigenvalue weighted by Gasteiger charge is 2.08. The molecule has 2 aromatic rings. The third kappa shape index (κ3) is 1.81. The van der Waals surface area contributed by atoms with Crippen molar-refractivity contribution in [3.05, 3.63) is 30.1 Å². The van der Waals surface area contributed by atoms with Crippen LogP contribution in [-0.2, 0) is 0 Å². The van der Waals surface area contributed by atoms with Gasteiger partial charge in [0.25, 0.3) is 5.88 Å². The second-order valence-electron chi connectivity index (χ2n) is 3.27. The van der Waals surface area contributed by atoms with Gasteiger partial charge in [-0.2, -0.15) is 0 Å². The van der Waals surface area contributed by atoms with Crippen molar-refractivity contribution in [2.24, 2.45) is 0 Å². The molecule has 0 amide bonds. The van der Waals surface area contributed by atoms with Crippen molar-refractivity contribution >= 4 is 0 Å². The molecule has 2 heterocycles. The average Bonchev–Trinajstić information content (AvgIpc) is 2.64. The molecule has 0 aliphatic rings. The predicted octanol–water partition coefficient (Wildman–Crippen LogP) is 1.29. The molecule has 0 radical (unpaired) electrons. The van der Waals surface area contributed by atoms with Crippen LogP contribution in [-0.4, -0.2) is 26.6 Å². The molecule has 5 heteroatoms. The summed E-state index contributed by atoms with van der Waals surface area (Å²) in [6.45, 7) is 3.79. The quantitative estimate of drug-likeness (QED) is 0.739. The van der Waals surface area contributed by atoms with Gasteiger partial charge < -0.3 is 4.74 Å². The van der Waals surface area contributed by atoms with Crippen molar-refractivity contribution in [3.8, 4) is 11.7 Å². The third-order valence-corrected chi connectivity index (χ3v) is 1.99. The van der Waals surface area contributed by atoms with E-state index in [-0.39, 0.29) is 0 Å². The molecule has 0 saturated carbocycles. The van der Waals surface area contributed by atoms with E-state index in [1.54, 1.807) is 24.2 Å². The highest BCUT2D eigenvalue weighted by atomic mass is 16.5. The maximum atomic E-state index is 5.17. The summed E-state index contributed by atoms with van der Waals surface area (Å²) in [5.41, 5.74) is 1.76. The van der Waals surface area contributed by atoms with Gasteiger partial charge in [-0.3, -0.25) is 4.57 Å². The van der Waals surface area contributed by atoms with E-state index in [0.717, 1.165) is 11.4 Å². The standard InChI is InChI=1S/C10H12N4O/c1-7-4-11-9(10(13-7)15-3)14-5-8(2)12-6-14/h4-6H,1-3H3. The van der Waals surface area contributed by atoms with E-state index in [4.69, 9.17) is 4.74 Å². The number of ether oxygens (including phenoxy) is 1. The largest absolute Gasteiger partial charge is 0.478 e. The summed E-state index contributed by atoms with van der Waals surface area (Å²) in [4.78, 5) is 12.6. The van der Waals surface area contributed by atoms with Gasteiger partial charge in [0.2, 0.25) is 5.82 Å². The molecule has 0 bridgehead atoms. The van der Waals surface area contributed by atoms with E-state index >= 15 is 0 Å². The van der Waals surface area contributed by atoms with Gasteiger partial charge in [0, 0.05) is 6.20 Å². The Balaban J connectivity index is 2.52. The fourth-order valence-electron chi connectivity index (χ4n) is 1.30. The van der Waals surface area contributed by atoms with Gasteiger partial charge in [-0.25, -0.2) is 15.0 Å². The monoisotopic (exact) mass is 204 g/mol. The number of imidazole rings is 1. The maximum Gasteiger partial charge on any atom is 0.258 e. The Labute approximate surface area is 87.8 Å². The minimum atomic E-state index is 0.507. The first kappa shape index (κ1) is 9.64. The number of hydrogen-bond donors (Lipinski definition) is 0. The van der Waals surface area contributed by atoms with Gasteiger partial charge in [0.1, 0.15) is 6.33 Å². The van der Waals surface area contributed by atoms with E-state index in [0.29, 0.717) is 11.7 Å². The Kier molecular flexibility index (Phi) is 2.37. The third-order valence-electron chi connectivity index (χ3n) is 1.99. The van der Waals surface area contributed by atoms with Crippen LogP contribution in [0.2, 0.25) is 0 Å². The lowest BCUT2D eigenvalue weighted by molar-refractivity contribution is 0.392. The zero-order valence-corrected chi connectivity index (χ0v) is 8.93. The van der Waals surface area contributed by atoms with Gasteiger partial charge >= 0.3 is 0 Å². The van der Waals surface area contributed by atoms with Gasteiger partial charge in [0.15, 0.2) is 0 Å². The van der Waals surface area contributed by atoms with E-state index in [2.05, 4.69) is 15.0 Å². The van der Waals surface area contributed by atoms with Gasteiger partial charge in [-0.1, -0.05) is 0 Å². The predicted molar refractivity (Wildman–Crippen MR) is 55.2 cm³/mol. The number of rotatable bonds is 2. The summed E-state index contributed by atoms with van der Waals surface area (Å²) < 4.78 is 6.96. The Morgan fingerprint density at radius 2 is 2.00 bits per heavy atom. The number of nitrogens with zero attached hydrogens (tertiary/aromatic N) is 4. The smallest absolute Gasteiger partial charge is 0.258 e. The van der Waals surface area contributed by atoms with Crippen LogP contribution in [0.1, 0.15) is 11.4 Å². The van der Waals surface area contributed by atoms with E-state index in [1.165, 1.54) is 0 Å². The Bertz CT molecular complexity index is 478. The van der Waals surface area contributed by atoms with Gasteiger partial charge in [-0.05, 0) is 13.8 Å². The molecule has 2 aromatic heterocycles. The van der Waals surface area contributed by atoms with Gasteiger partial charge in [-0.15, -0.1) is 0 Å². The minimum Gasteiger partial charge on any atom is -0.478 e. The fourth-order valence-corrected chi connectivity index (χ4v) is 1.30. The van der Waals surface area contributed by atoms with Crippen LogP contribution in [0.3, 0.4) is 0 Å². The molecule has 78 valence electrons. The maximum absolute atomic E-state index is 5.17. The first-order valence-corrected chi connectivity index (χ1v) is 4.59. The molecule has 0 aromatic carbocycles. The van der Waals surface area contributed by atoms with Crippen molar-refractivity contribution < 1.29 is 4.74 Å². The molecule has 0 atom stereocenters. The van der Waals surface area contributed by atoms with Crippen molar-refractivity contribution in [2.75, 3.05) is 7.11 Å². The topological polar surface area (TPSA) is 52.8 Å². The van der Waals surface area contributed by atoms with Crippen LogP contribution in [0.4, 0.5) is 0 Å². The van der Waals surface area contributed by atoms with Gasteiger partial charge in [0.05, 0.1) is 24.7 Å². The Morgan fingerprint density at radius 1 is 1.20 bits per heavy atom. The van der Waals surface area contributed by atoms with Crippen LogP contribution in [0.5, 0.6) is 5.88 Å². The van der Waals surface area contributed by atoms with Crippen LogP contribution in [0, 0.1) is 13.8 Å². The zero-order valence-electron chi connectivity index (χ0n) is 8.93. The molecule has 0 aliphatic heterocycles. The molecule has 0 fully saturated rings. The summed E-state index contributed by atoms with van der Waals surface area (Å²) in [5, 5.41) is 0. The second kappa shape index (κ2) is 3.68. The zero-order chi connectivity index (χ0) is 10.8. The molecular formula is C10H12N4O. The molecule has 0 spiro atoms. The van der Waals surface area contributed by atoms with Crippen LogP contribution >= 0.6 is 0 Å². The molecule has 2 rings (SSSR count). The van der Waals surface area contributed by atoms with Crippen molar-refractivity contribution in [1.82, 2.24) is 19.5 Å². The lowest BCUT2D eigenvalue weighted by atomic mass is 10.5. The summed E-state index contributed by atoms with van der Waals surface area (Å²) in [6.07, 6.45) is 5.27. The van der Waals surface area contributed by atoms with Crippen molar-refractivity contribution in [2.45, 2.75) is 13.8 Å². The highest BCUT2D eigenvalue weighted by molar-refractivity contribution is 5.35. The minimum absolute atomic E-state index is 0.507. The Morgan fingerprint density at radius 3 is 2.60 bits per heavy atom. The lowest BCUT2D eigenvalue weighted by Crippen LogP contribution is -2.02. The normalized spacial score (nSPS) is 10.3. The summed E-state index contributed by atoms with van der Waals surface area (Å²) in [7, 11) is 1.58. The van der Waals surface area contributed by atoms with Crippen LogP contribution < -0.4 is 4.74 Å². The van der Waals surface area contributed by atoms with E-state index in [1.807, 2.05) is 20.0 Å². The summed E-state index contributed by atoms with van der Waals surface area (Å²) >= 11 is 0. The fraction of sp³-hybridized carbons (Fsp3) is 0.300. The molecule has 5 nitrogen and oxygen atoms in total. The van der Waals surface area contributed by atoms with Crippen molar-refractivity contribution in [1.29, 1.82) is 0 Å². The van der Waals surface area contributed by atoms with E-state index in [9.17, 15) is 0 Å². The summed E-state index contributed by atoms with van der Waals surface area (Å²) in [5.74, 6) is 1.16. The highest BCUT2D eigenvalue weighted by Crippen LogP contribution is 2.17. The van der Waals surface area contributed by atoms with Crippen LogP contribution in [0.15, 0.2) is 18.7 Å². The molecule has 0 saturated heterocycles. The molecule has 15 heavy (non-hydrogen) atoms. The SMILES string of the molecule is COc1nc(C)cnc1-n1cnc(C)c1. The number of aryl methyl sites for hydroxylation is 2. The average molecular weight is 204 g/mol. The number of methoxy groups -OCH3 is 1. The second-order valence-corrected chi connectivity index (χ2v) is 3.27. The number of aromatic nitrogens is 4. The lowest BCUT2D eigenvalue weighted by Gasteiger charge is -2.06.